The molecule has 1 N–H and O–H groups in total. The third-order valence-electron chi connectivity index (χ3n) is 6.49. The molecule has 2 rings (SSSR count). The van der Waals surface area contributed by atoms with Crippen molar-refractivity contribution >= 4 is 20.3 Å². The van der Waals surface area contributed by atoms with Crippen molar-refractivity contribution in [3.05, 3.63) is 12.2 Å². The van der Waals surface area contributed by atoms with Gasteiger partial charge in [-0.05, 0) is 43.5 Å². The quantitative estimate of drug-likeness (QED) is 0.670. The molecular formula is C21H37NO6Si. The molecule has 0 radical (unpaired) electrons. The lowest BCUT2D eigenvalue weighted by Crippen LogP contribution is -2.69. The van der Waals surface area contributed by atoms with Crippen LogP contribution in [0, 0.1) is 5.41 Å². The average Bonchev–Trinajstić information content (AvgIpc) is 3.03. The summed E-state index contributed by atoms with van der Waals surface area (Å²) >= 11 is 0. The van der Waals surface area contributed by atoms with Gasteiger partial charge in [0.25, 0.3) is 5.91 Å². The molecule has 2 aliphatic heterocycles. The van der Waals surface area contributed by atoms with Crippen molar-refractivity contribution in [2.75, 3.05) is 6.61 Å². The van der Waals surface area contributed by atoms with Gasteiger partial charge in [0.1, 0.15) is 17.7 Å². The summed E-state index contributed by atoms with van der Waals surface area (Å²) in [5.74, 6) is -1.37. The minimum absolute atomic E-state index is 0.111. The van der Waals surface area contributed by atoms with Crippen LogP contribution in [-0.4, -0.2) is 60.5 Å². The van der Waals surface area contributed by atoms with Crippen LogP contribution in [0.4, 0.5) is 4.79 Å². The van der Waals surface area contributed by atoms with E-state index in [4.69, 9.17) is 13.9 Å². The molecule has 0 aliphatic carbocycles. The van der Waals surface area contributed by atoms with Crippen molar-refractivity contribution < 1.29 is 28.6 Å². The summed E-state index contributed by atoms with van der Waals surface area (Å²) in [4.78, 5) is 25.8. The minimum atomic E-state index is -2.36. The number of carboxylic acid groups (broad SMARTS) is 1. The SMILES string of the molecule is CC1(C)OC[C@H]([C@@H](O[Si](C)(C)C(C)(C)C)[C@]2(C(C)(C)C)C=CC(=O)N2C(=O)O)O1. The Balaban J connectivity index is 2.68. The van der Waals surface area contributed by atoms with Crippen LogP contribution in [0.25, 0.3) is 0 Å². The molecule has 0 spiro atoms. The molecule has 29 heavy (non-hydrogen) atoms. The van der Waals surface area contributed by atoms with Crippen LogP contribution in [0.5, 0.6) is 0 Å². The summed E-state index contributed by atoms with van der Waals surface area (Å²) in [5.41, 5.74) is -1.86. The molecule has 0 unspecified atom stereocenters. The molecule has 0 aromatic heterocycles. The zero-order valence-corrected chi connectivity index (χ0v) is 20.5. The van der Waals surface area contributed by atoms with Gasteiger partial charge in [-0.1, -0.05) is 41.5 Å². The van der Waals surface area contributed by atoms with E-state index >= 15 is 0 Å². The molecule has 8 heteroatoms. The van der Waals surface area contributed by atoms with E-state index in [1.54, 1.807) is 6.08 Å². The maximum atomic E-state index is 12.6. The van der Waals surface area contributed by atoms with Crippen LogP contribution >= 0.6 is 0 Å². The Morgan fingerprint density at radius 3 is 2.21 bits per heavy atom. The molecule has 166 valence electrons. The van der Waals surface area contributed by atoms with Crippen LogP contribution in [0.1, 0.15) is 55.4 Å². The fourth-order valence-corrected chi connectivity index (χ4v) is 5.14. The van der Waals surface area contributed by atoms with Gasteiger partial charge < -0.3 is 19.0 Å². The Morgan fingerprint density at radius 1 is 1.28 bits per heavy atom. The molecule has 0 saturated carbocycles. The number of amides is 2. The van der Waals surface area contributed by atoms with Gasteiger partial charge >= 0.3 is 6.09 Å². The fraction of sp³-hybridized carbons (Fsp3) is 0.810. The molecule has 0 bridgehead atoms. The highest BCUT2D eigenvalue weighted by atomic mass is 28.4. The van der Waals surface area contributed by atoms with Gasteiger partial charge in [0.2, 0.25) is 0 Å². The second-order valence-corrected chi connectivity index (χ2v) is 15.8. The van der Waals surface area contributed by atoms with Gasteiger partial charge in [-0.2, -0.15) is 0 Å². The maximum Gasteiger partial charge on any atom is 0.415 e. The molecule has 1 saturated heterocycles. The lowest BCUT2D eigenvalue weighted by Gasteiger charge is -2.53. The molecule has 7 nitrogen and oxygen atoms in total. The van der Waals surface area contributed by atoms with Crippen molar-refractivity contribution in [1.29, 1.82) is 0 Å². The van der Waals surface area contributed by atoms with Crippen molar-refractivity contribution in [2.24, 2.45) is 5.41 Å². The first-order valence-electron chi connectivity index (χ1n) is 10.1. The van der Waals surface area contributed by atoms with Gasteiger partial charge in [-0.25, -0.2) is 9.69 Å². The van der Waals surface area contributed by atoms with Crippen molar-refractivity contribution in [2.45, 2.75) is 97.1 Å². The molecular weight excluding hydrogens is 390 g/mol. The standard InChI is InChI=1S/C21H37NO6Si/c1-18(2,3)21(12-11-15(23)22(21)17(24)25)16(14-13-26-20(7,8)27-14)28-29(9,10)19(4,5)6/h11-12,14,16H,13H2,1-10H3,(H,24,25)/t14-,16-,21+/m1/s1. The van der Waals surface area contributed by atoms with Crippen molar-refractivity contribution in [1.82, 2.24) is 4.90 Å². The Kier molecular flexibility index (Phi) is 5.96. The summed E-state index contributed by atoms with van der Waals surface area (Å²) in [5, 5.41) is 9.87. The molecule has 0 aromatic carbocycles. The highest BCUT2D eigenvalue weighted by molar-refractivity contribution is 6.74. The smallest absolute Gasteiger partial charge is 0.415 e. The summed E-state index contributed by atoms with van der Waals surface area (Å²) in [6, 6.07) is 0. The topological polar surface area (TPSA) is 85.3 Å². The van der Waals surface area contributed by atoms with E-state index in [2.05, 4.69) is 33.9 Å². The lowest BCUT2D eigenvalue weighted by molar-refractivity contribution is -0.168. The summed E-state index contributed by atoms with van der Waals surface area (Å²) in [7, 11) is -2.36. The largest absolute Gasteiger partial charge is 0.465 e. The second-order valence-electron chi connectivity index (χ2n) is 11.0. The third kappa shape index (κ3) is 4.17. The number of carbonyl (C=O) groups is 2. The zero-order chi connectivity index (χ0) is 22.6. The zero-order valence-electron chi connectivity index (χ0n) is 19.5. The average molecular weight is 428 g/mol. The second kappa shape index (κ2) is 7.18. The Morgan fingerprint density at radius 2 is 1.83 bits per heavy atom. The van der Waals surface area contributed by atoms with E-state index in [1.165, 1.54) is 6.08 Å². The van der Waals surface area contributed by atoms with Gasteiger partial charge in [-0.15, -0.1) is 0 Å². The minimum Gasteiger partial charge on any atom is -0.465 e. The van der Waals surface area contributed by atoms with Crippen LogP contribution < -0.4 is 0 Å². The number of nitrogens with zero attached hydrogens (tertiary/aromatic N) is 1. The van der Waals surface area contributed by atoms with E-state index in [0.29, 0.717) is 0 Å². The normalized spacial score (nSPS) is 28.8. The number of ether oxygens (including phenoxy) is 2. The Bertz CT molecular complexity index is 703. The van der Waals surface area contributed by atoms with E-state index in [1.807, 2.05) is 34.6 Å². The maximum absolute atomic E-state index is 12.6. The molecule has 1 fully saturated rings. The Labute approximate surface area is 175 Å². The molecule has 2 heterocycles. The monoisotopic (exact) mass is 427 g/mol. The van der Waals surface area contributed by atoms with Crippen LogP contribution in [0.15, 0.2) is 12.2 Å². The first kappa shape index (κ1) is 24.1. The highest BCUT2D eigenvalue weighted by Gasteiger charge is 2.63. The van der Waals surface area contributed by atoms with E-state index in [-0.39, 0.29) is 11.6 Å². The van der Waals surface area contributed by atoms with E-state index in [0.717, 1.165) is 4.90 Å². The van der Waals surface area contributed by atoms with E-state index in [9.17, 15) is 14.7 Å². The van der Waals surface area contributed by atoms with E-state index < -0.39 is 49.3 Å². The molecule has 2 amide bonds. The number of carbonyl (C=O) groups excluding carboxylic acids is 1. The predicted molar refractivity (Wildman–Crippen MR) is 113 cm³/mol. The number of rotatable bonds is 4. The number of hydrogen-bond acceptors (Lipinski definition) is 5. The van der Waals surface area contributed by atoms with Gasteiger partial charge in [0.05, 0.1) is 6.61 Å². The summed E-state index contributed by atoms with van der Waals surface area (Å²) in [6.45, 7) is 20.3. The summed E-state index contributed by atoms with van der Waals surface area (Å²) in [6.07, 6.45) is 0.509. The number of imide groups is 1. The first-order valence-corrected chi connectivity index (χ1v) is 13.0. The fourth-order valence-electron chi connectivity index (χ4n) is 3.82. The molecule has 3 atom stereocenters. The van der Waals surface area contributed by atoms with Crippen LogP contribution in [-0.2, 0) is 18.7 Å². The predicted octanol–water partition coefficient (Wildman–Crippen LogP) is 4.39. The van der Waals surface area contributed by atoms with Gasteiger partial charge in [-0.3, -0.25) is 4.79 Å². The number of hydrogen-bond donors (Lipinski definition) is 1. The summed E-state index contributed by atoms with van der Waals surface area (Å²) < 4.78 is 18.8. The lowest BCUT2D eigenvalue weighted by atomic mass is 9.68. The van der Waals surface area contributed by atoms with Crippen LogP contribution in [0.2, 0.25) is 18.1 Å². The van der Waals surface area contributed by atoms with Crippen molar-refractivity contribution in [3.8, 4) is 0 Å². The highest BCUT2D eigenvalue weighted by Crippen LogP contribution is 2.49. The van der Waals surface area contributed by atoms with Crippen molar-refractivity contribution in [3.63, 3.8) is 0 Å². The van der Waals surface area contributed by atoms with Crippen LogP contribution in [0.3, 0.4) is 0 Å². The molecule has 2 aliphatic rings. The van der Waals surface area contributed by atoms with Gasteiger partial charge in [0.15, 0.2) is 14.1 Å². The third-order valence-corrected chi connectivity index (χ3v) is 10.9. The Hall–Kier alpha value is -1.22. The first-order chi connectivity index (χ1) is 12.9. The molecule has 0 aromatic rings. The van der Waals surface area contributed by atoms with Gasteiger partial charge in [0, 0.05) is 6.08 Å².